The van der Waals surface area contributed by atoms with E-state index in [0.29, 0.717) is 23.8 Å². The van der Waals surface area contributed by atoms with Crippen molar-refractivity contribution in [3.8, 4) is 17.4 Å². The Morgan fingerprint density at radius 2 is 1.80 bits per heavy atom. The van der Waals surface area contributed by atoms with Crippen LogP contribution in [-0.4, -0.2) is 23.0 Å². The number of benzene rings is 2. The maximum absolute atomic E-state index is 11.9. The molecule has 8 heteroatoms. The number of pyridine rings is 1. The fourth-order valence-electron chi connectivity index (χ4n) is 2.56. The number of hydrogen-bond acceptors (Lipinski definition) is 6. The molecule has 0 aliphatic rings. The van der Waals surface area contributed by atoms with Crippen molar-refractivity contribution in [3.05, 3.63) is 59.1 Å². The fraction of sp³-hybridized carbons (Fsp3) is 0.227. The Morgan fingerprint density at radius 1 is 1.07 bits per heavy atom. The molecule has 0 saturated carbocycles. The number of nitrogens with one attached hydrogen (secondary N) is 1. The van der Waals surface area contributed by atoms with Crippen molar-refractivity contribution < 1.29 is 23.9 Å². The molecular weight excluding hydrogens is 452 g/mol. The number of carbonyl (C=O) groups excluding carboxylic acids is 2. The molecule has 0 saturated heterocycles. The van der Waals surface area contributed by atoms with Crippen LogP contribution in [0.3, 0.4) is 0 Å². The van der Waals surface area contributed by atoms with Gasteiger partial charge in [-0.1, -0.05) is 22.9 Å². The molecule has 30 heavy (non-hydrogen) atoms. The van der Waals surface area contributed by atoms with Gasteiger partial charge in [0, 0.05) is 22.3 Å². The standard InChI is InChI=1S/C22H21BrN2O5/c1-3-4-20(26)25-30-22(27)14(2)28-17-7-9-18(10-8-17)29-21-12-5-15-13-16(23)6-11-19(15)24-21/h5-14H,3-4H2,1-2H3,(H,25,26). The highest BCUT2D eigenvalue weighted by Gasteiger charge is 2.18. The van der Waals surface area contributed by atoms with Crippen LogP contribution >= 0.6 is 15.9 Å². The molecule has 3 aromatic rings. The second kappa shape index (κ2) is 10.1. The summed E-state index contributed by atoms with van der Waals surface area (Å²) >= 11 is 3.44. The van der Waals surface area contributed by atoms with Gasteiger partial charge in [-0.25, -0.2) is 9.78 Å². The molecule has 0 spiro atoms. The summed E-state index contributed by atoms with van der Waals surface area (Å²) in [6.07, 6.45) is 0.0596. The third kappa shape index (κ3) is 5.93. The molecule has 0 bridgehead atoms. The number of nitrogens with zero attached hydrogens (tertiary/aromatic N) is 1. The van der Waals surface area contributed by atoms with E-state index >= 15 is 0 Å². The summed E-state index contributed by atoms with van der Waals surface area (Å²) in [5.74, 6) is 0.468. The minimum Gasteiger partial charge on any atom is -0.479 e. The largest absolute Gasteiger partial charge is 0.479 e. The Balaban J connectivity index is 1.56. The molecule has 1 atom stereocenters. The van der Waals surface area contributed by atoms with Crippen LogP contribution in [-0.2, 0) is 14.4 Å². The van der Waals surface area contributed by atoms with Crippen molar-refractivity contribution in [3.63, 3.8) is 0 Å². The molecule has 1 heterocycles. The van der Waals surface area contributed by atoms with E-state index in [9.17, 15) is 9.59 Å². The number of amides is 1. The first kappa shape index (κ1) is 21.6. The second-order valence-corrected chi connectivity index (χ2v) is 7.43. The van der Waals surface area contributed by atoms with Crippen LogP contribution < -0.4 is 15.0 Å². The Morgan fingerprint density at radius 3 is 2.53 bits per heavy atom. The minimum absolute atomic E-state index is 0.285. The van der Waals surface area contributed by atoms with E-state index in [1.54, 1.807) is 30.3 Å². The van der Waals surface area contributed by atoms with Gasteiger partial charge in [-0.05, 0) is 61.9 Å². The SMILES string of the molecule is CCCC(=O)NOC(=O)C(C)Oc1ccc(Oc2ccc3cc(Br)ccc3n2)cc1. The monoisotopic (exact) mass is 472 g/mol. The van der Waals surface area contributed by atoms with Gasteiger partial charge in [-0.15, -0.1) is 0 Å². The highest BCUT2D eigenvalue weighted by molar-refractivity contribution is 9.10. The lowest BCUT2D eigenvalue weighted by Crippen LogP contribution is -2.34. The Hall–Kier alpha value is -3.13. The molecule has 156 valence electrons. The summed E-state index contributed by atoms with van der Waals surface area (Å²) in [7, 11) is 0. The molecule has 2 aromatic carbocycles. The predicted octanol–water partition coefficient (Wildman–Crippen LogP) is 4.93. The first-order valence-corrected chi connectivity index (χ1v) is 10.2. The lowest BCUT2D eigenvalue weighted by atomic mass is 10.2. The van der Waals surface area contributed by atoms with Gasteiger partial charge < -0.3 is 14.3 Å². The van der Waals surface area contributed by atoms with Gasteiger partial charge in [0.1, 0.15) is 11.5 Å². The Labute approximate surface area is 182 Å². The molecule has 0 aliphatic carbocycles. The third-order valence-corrected chi connectivity index (χ3v) is 4.55. The number of fused-ring (bicyclic) bond motifs is 1. The van der Waals surface area contributed by atoms with E-state index in [4.69, 9.17) is 14.3 Å². The predicted molar refractivity (Wildman–Crippen MR) is 115 cm³/mol. The molecular formula is C22H21BrN2O5. The van der Waals surface area contributed by atoms with Crippen molar-refractivity contribution in [1.29, 1.82) is 0 Å². The van der Waals surface area contributed by atoms with Crippen molar-refractivity contribution in [2.75, 3.05) is 0 Å². The number of halogens is 1. The van der Waals surface area contributed by atoms with Crippen LogP contribution in [0.4, 0.5) is 0 Å². The maximum Gasteiger partial charge on any atom is 0.372 e. The third-order valence-electron chi connectivity index (χ3n) is 4.06. The highest BCUT2D eigenvalue weighted by Crippen LogP contribution is 2.26. The fourth-order valence-corrected chi connectivity index (χ4v) is 2.94. The van der Waals surface area contributed by atoms with Crippen LogP contribution in [0.2, 0.25) is 0 Å². The molecule has 0 aliphatic heterocycles. The summed E-state index contributed by atoms with van der Waals surface area (Å²) in [5, 5.41) is 1.01. The number of carbonyl (C=O) groups is 2. The normalized spacial score (nSPS) is 11.6. The van der Waals surface area contributed by atoms with E-state index in [1.807, 2.05) is 31.2 Å². The number of ether oxygens (including phenoxy) is 2. The van der Waals surface area contributed by atoms with Crippen molar-refractivity contribution >= 4 is 38.7 Å². The summed E-state index contributed by atoms with van der Waals surface area (Å²) in [6, 6.07) is 16.3. The zero-order valence-electron chi connectivity index (χ0n) is 16.6. The van der Waals surface area contributed by atoms with Gasteiger partial charge in [0.15, 0.2) is 6.10 Å². The number of aromatic nitrogens is 1. The molecule has 1 N–H and O–H groups in total. The molecule has 1 amide bonds. The smallest absolute Gasteiger partial charge is 0.372 e. The second-order valence-electron chi connectivity index (χ2n) is 6.52. The average Bonchev–Trinajstić information content (AvgIpc) is 2.73. The zero-order chi connectivity index (χ0) is 21.5. The van der Waals surface area contributed by atoms with Crippen molar-refractivity contribution in [2.24, 2.45) is 0 Å². The summed E-state index contributed by atoms with van der Waals surface area (Å²) in [6.45, 7) is 3.39. The van der Waals surface area contributed by atoms with E-state index in [-0.39, 0.29) is 12.3 Å². The summed E-state index contributed by atoms with van der Waals surface area (Å²) in [4.78, 5) is 32.5. The number of hydrogen-bond donors (Lipinski definition) is 1. The number of rotatable bonds is 7. The molecule has 3 rings (SSSR count). The van der Waals surface area contributed by atoms with Gasteiger partial charge in [0.05, 0.1) is 5.52 Å². The van der Waals surface area contributed by atoms with Gasteiger partial charge >= 0.3 is 5.97 Å². The van der Waals surface area contributed by atoms with E-state index in [1.165, 1.54) is 6.92 Å². The topological polar surface area (TPSA) is 86.8 Å². The van der Waals surface area contributed by atoms with Crippen molar-refractivity contribution in [1.82, 2.24) is 10.5 Å². The van der Waals surface area contributed by atoms with Crippen LogP contribution in [0.5, 0.6) is 17.4 Å². The lowest BCUT2D eigenvalue weighted by molar-refractivity contribution is -0.164. The van der Waals surface area contributed by atoms with Crippen LogP contribution in [0.25, 0.3) is 10.9 Å². The summed E-state index contributed by atoms with van der Waals surface area (Å²) in [5.41, 5.74) is 2.93. The average molecular weight is 473 g/mol. The van der Waals surface area contributed by atoms with Crippen LogP contribution in [0, 0.1) is 0 Å². The number of hydroxylamine groups is 1. The Bertz CT molecular complexity index is 1040. The van der Waals surface area contributed by atoms with E-state index < -0.39 is 12.1 Å². The van der Waals surface area contributed by atoms with Gasteiger partial charge in [-0.3, -0.25) is 4.79 Å². The Kier molecular flexibility index (Phi) is 7.24. The van der Waals surface area contributed by atoms with E-state index in [0.717, 1.165) is 15.4 Å². The highest BCUT2D eigenvalue weighted by atomic mass is 79.9. The summed E-state index contributed by atoms with van der Waals surface area (Å²) < 4.78 is 12.3. The van der Waals surface area contributed by atoms with Crippen LogP contribution in [0.1, 0.15) is 26.7 Å². The van der Waals surface area contributed by atoms with Gasteiger partial charge in [0.25, 0.3) is 5.91 Å². The molecule has 7 nitrogen and oxygen atoms in total. The first-order chi connectivity index (χ1) is 14.4. The molecule has 1 unspecified atom stereocenters. The zero-order valence-corrected chi connectivity index (χ0v) is 18.1. The van der Waals surface area contributed by atoms with Gasteiger partial charge in [-0.2, -0.15) is 5.48 Å². The molecule has 1 aromatic heterocycles. The lowest BCUT2D eigenvalue weighted by Gasteiger charge is -2.14. The van der Waals surface area contributed by atoms with Crippen molar-refractivity contribution in [2.45, 2.75) is 32.8 Å². The van der Waals surface area contributed by atoms with Gasteiger partial charge in [0.2, 0.25) is 5.88 Å². The minimum atomic E-state index is -0.889. The quantitative estimate of drug-likeness (QED) is 0.490. The van der Waals surface area contributed by atoms with E-state index in [2.05, 4.69) is 26.4 Å². The maximum atomic E-state index is 11.9. The van der Waals surface area contributed by atoms with Crippen LogP contribution in [0.15, 0.2) is 59.1 Å². The molecule has 0 fully saturated rings. The first-order valence-electron chi connectivity index (χ1n) is 9.45. The molecule has 0 radical (unpaired) electrons.